The second kappa shape index (κ2) is 4.11. The normalized spacial score (nSPS) is 29.9. The average Bonchev–Trinajstić information content (AvgIpc) is 2.12. The number of hydrogen-bond donors (Lipinski definition) is 1. The lowest BCUT2D eigenvalue weighted by Crippen LogP contribution is -2.22. The van der Waals surface area contributed by atoms with Crippen LogP contribution in [0.15, 0.2) is 20.9 Å². The van der Waals surface area contributed by atoms with Crippen molar-refractivity contribution >= 4 is 58.2 Å². The van der Waals surface area contributed by atoms with E-state index < -0.39 is 4.21 Å². The van der Waals surface area contributed by atoms with Gasteiger partial charge in [-0.1, -0.05) is 34.8 Å². The molecule has 0 aromatic carbocycles. The van der Waals surface area contributed by atoms with Crippen molar-refractivity contribution < 1.29 is 5.11 Å². The number of hydrogen-bond acceptors (Lipinski definition) is 2. The Kier molecular flexibility index (Phi) is 3.75. The maximum atomic E-state index is 9.35. The zero-order valence-electron chi connectivity index (χ0n) is 6.57. The quantitative estimate of drug-likeness (QED) is 0.719. The fourth-order valence-electron chi connectivity index (χ4n) is 0.910. The van der Waals surface area contributed by atoms with Crippen LogP contribution in [0.1, 0.15) is 6.42 Å². The van der Waals surface area contributed by atoms with Crippen LogP contribution in [0.5, 0.6) is 0 Å². The fraction of sp³-hybridized carbons (Fsp3) is 0.429. The van der Waals surface area contributed by atoms with E-state index in [9.17, 15) is 5.11 Å². The Hall–Kier alpha value is 0.790. The molecule has 0 spiro atoms. The molecule has 0 saturated heterocycles. The van der Waals surface area contributed by atoms with Gasteiger partial charge in [-0.3, -0.25) is 0 Å². The van der Waals surface area contributed by atoms with Crippen molar-refractivity contribution in [1.82, 2.24) is 0 Å². The summed E-state index contributed by atoms with van der Waals surface area (Å²) in [7, 11) is 0. The van der Waals surface area contributed by atoms with E-state index in [4.69, 9.17) is 46.4 Å². The van der Waals surface area contributed by atoms with Crippen LogP contribution >= 0.6 is 58.2 Å². The number of aliphatic hydroxyl groups is 1. The summed E-state index contributed by atoms with van der Waals surface area (Å²) in [6.45, 7) is 0. The van der Waals surface area contributed by atoms with Crippen molar-refractivity contribution in [1.29, 1.82) is 0 Å². The zero-order valence-corrected chi connectivity index (χ0v) is 10.4. The third-order valence-corrected chi connectivity index (χ3v) is 4.97. The predicted molar refractivity (Wildman–Crippen MR) is 61.0 cm³/mol. The highest BCUT2D eigenvalue weighted by Gasteiger charge is 2.38. The molecule has 6 heteroatoms. The molecule has 0 aliphatic heterocycles. The number of aliphatic hydroxyl groups excluding tert-OH is 1. The van der Waals surface area contributed by atoms with Gasteiger partial charge in [0.1, 0.15) is 15.0 Å². The molecule has 1 N–H and O–H groups in total. The molecule has 1 nitrogen and oxygen atoms in total. The summed E-state index contributed by atoms with van der Waals surface area (Å²) in [6.07, 6.45) is 2.07. The minimum atomic E-state index is -0.845. The topological polar surface area (TPSA) is 20.2 Å². The molecule has 1 atom stereocenters. The van der Waals surface area contributed by atoms with Crippen molar-refractivity contribution in [3.8, 4) is 0 Å². The van der Waals surface area contributed by atoms with Gasteiger partial charge in [0.25, 0.3) is 0 Å². The molecule has 0 aromatic rings. The van der Waals surface area contributed by atoms with Crippen LogP contribution in [0.2, 0.25) is 0 Å². The first kappa shape index (κ1) is 11.9. The van der Waals surface area contributed by atoms with Gasteiger partial charge in [0.2, 0.25) is 0 Å². The summed E-state index contributed by atoms with van der Waals surface area (Å²) in [4.78, 5) is 0. The molecule has 0 radical (unpaired) electrons. The smallest absolute Gasteiger partial charge is 0.150 e. The van der Waals surface area contributed by atoms with Gasteiger partial charge in [0.05, 0.1) is 10.1 Å². The summed E-state index contributed by atoms with van der Waals surface area (Å²) in [5.74, 6) is -0.182. The van der Waals surface area contributed by atoms with Crippen LogP contribution in [0, 0.1) is 0 Å². The second-order valence-corrected chi connectivity index (χ2v) is 5.68. The molecule has 0 saturated carbocycles. The van der Waals surface area contributed by atoms with Crippen LogP contribution in [-0.2, 0) is 0 Å². The van der Waals surface area contributed by atoms with Gasteiger partial charge in [0.15, 0.2) is 0 Å². The Labute approximate surface area is 101 Å². The summed E-state index contributed by atoms with van der Waals surface area (Å²) < 4.78 is -0.845. The Morgan fingerprint density at radius 3 is 2.38 bits per heavy atom. The van der Waals surface area contributed by atoms with Crippen molar-refractivity contribution in [3.05, 3.63) is 20.9 Å². The minimum Gasteiger partial charge on any atom is -0.505 e. The Balaban J connectivity index is 3.19. The monoisotopic (exact) mass is 278 g/mol. The maximum absolute atomic E-state index is 9.35. The molecule has 0 amide bonds. The molecular weight excluding hydrogens is 274 g/mol. The second-order valence-electron chi connectivity index (χ2n) is 2.49. The Morgan fingerprint density at radius 2 is 1.92 bits per heavy atom. The maximum Gasteiger partial charge on any atom is 0.150 e. The van der Waals surface area contributed by atoms with Crippen LogP contribution in [0.25, 0.3) is 0 Å². The number of rotatable bonds is 1. The third-order valence-electron chi connectivity index (χ3n) is 1.69. The summed E-state index contributed by atoms with van der Waals surface area (Å²) in [5, 5.41) is 9.84. The largest absolute Gasteiger partial charge is 0.505 e. The highest BCUT2D eigenvalue weighted by molar-refractivity contribution is 8.01. The summed E-state index contributed by atoms with van der Waals surface area (Å²) >= 11 is 24.8. The third kappa shape index (κ3) is 2.07. The van der Waals surface area contributed by atoms with Gasteiger partial charge in [-0.15, -0.1) is 23.4 Å². The molecule has 1 unspecified atom stereocenters. The van der Waals surface area contributed by atoms with Crippen LogP contribution in [0.3, 0.4) is 0 Å². The predicted octanol–water partition coefficient (Wildman–Crippen LogP) is 4.39. The van der Waals surface area contributed by atoms with Crippen molar-refractivity contribution in [3.63, 3.8) is 0 Å². The van der Waals surface area contributed by atoms with E-state index >= 15 is 0 Å². The first-order chi connectivity index (χ1) is 5.92. The first-order valence-electron chi connectivity index (χ1n) is 3.30. The van der Waals surface area contributed by atoms with Crippen LogP contribution < -0.4 is 0 Å². The van der Waals surface area contributed by atoms with Gasteiger partial charge in [-0.2, -0.15) is 0 Å². The lowest BCUT2D eigenvalue weighted by atomic mass is 10.1. The molecule has 13 heavy (non-hydrogen) atoms. The van der Waals surface area contributed by atoms with Crippen molar-refractivity contribution in [2.24, 2.45) is 0 Å². The molecule has 0 heterocycles. The fourth-order valence-corrected chi connectivity index (χ4v) is 2.97. The number of allylic oxidation sites excluding steroid dienone is 2. The first-order valence-corrected chi connectivity index (χ1v) is 6.04. The zero-order chi connectivity index (χ0) is 10.2. The van der Waals surface area contributed by atoms with Gasteiger partial charge in [-0.25, -0.2) is 0 Å². The summed E-state index contributed by atoms with van der Waals surface area (Å²) in [5.41, 5.74) is 0. The average molecular weight is 280 g/mol. The molecule has 1 aliphatic carbocycles. The van der Waals surface area contributed by atoms with Crippen LogP contribution in [0.4, 0.5) is 0 Å². The molecule has 0 aromatic heterocycles. The Morgan fingerprint density at radius 1 is 1.38 bits per heavy atom. The SMILES string of the molecule is CSC1(Cl)CC(Cl)=C(O)C(Cl)=C1Cl. The molecular formula is C7H6Cl4OS. The number of thioether (sulfide) groups is 1. The van der Waals surface area contributed by atoms with Crippen LogP contribution in [-0.4, -0.2) is 15.6 Å². The van der Waals surface area contributed by atoms with E-state index in [-0.39, 0.29) is 27.3 Å². The summed E-state index contributed by atoms with van der Waals surface area (Å²) in [6, 6.07) is 0. The molecule has 1 rings (SSSR count). The van der Waals surface area contributed by atoms with E-state index in [1.165, 1.54) is 11.8 Å². The standard InChI is InChI=1S/C7H6Cl4OS/c1-13-7(11)2-3(8)5(12)4(9)6(7)10/h12H,2H2,1H3. The molecule has 1 aliphatic rings. The lowest BCUT2D eigenvalue weighted by Gasteiger charge is -2.28. The number of alkyl halides is 1. The number of halogens is 4. The highest BCUT2D eigenvalue weighted by atomic mass is 35.5. The highest BCUT2D eigenvalue weighted by Crippen LogP contribution is 2.50. The van der Waals surface area contributed by atoms with Gasteiger partial charge < -0.3 is 5.11 Å². The molecule has 0 fully saturated rings. The van der Waals surface area contributed by atoms with Crippen molar-refractivity contribution in [2.45, 2.75) is 10.6 Å². The van der Waals surface area contributed by atoms with E-state index in [0.717, 1.165) is 0 Å². The van der Waals surface area contributed by atoms with Crippen molar-refractivity contribution in [2.75, 3.05) is 6.26 Å². The van der Waals surface area contributed by atoms with E-state index in [1.807, 2.05) is 0 Å². The van der Waals surface area contributed by atoms with E-state index in [0.29, 0.717) is 0 Å². The Bertz CT molecular complexity index is 299. The van der Waals surface area contributed by atoms with Gasteiger partial charge in [0, 0.05) is 6.42 Å². The molecule has 0 bridgehead atoms. The van der Waals surface area contributed by atoms with E-state index in [2.05, 4.69) is 0 Å². The lowest BCUT2D eigenvalue weighted by molar-refractivity contribution is 0.420. The van der Waals surface area contributed by atoms with Gasteiger partial charge in [-0.05, 0) is 6.26 Å². The van der Waals surface area contributed by atoms with E-state index in [1.54, 1.807) is 6.26 Å². The van der Waals surface area contributed by atoms with Gasteiger partial charge >= 0.3 is 0 Å². The minimum absolute atomic E-state index is 0.0299. The molecule has 74 valence electrons.